The first kappa shape index (κ1) is 23.4. The zero-order valence-electron chi connectivity index (χ0n) is 21.0. The highest BCUT2D eigenvalue weighted by molar-refractivity contribution is 5.89. The van der Waals surface area contributed by atoms with E-state index in [1.54, 1.807) is 6.20 Å². The third-order valence-corrected chi connectivity index (χ3v) is 9.99. The van der Waals surface area contributed by atoms with Gasteiger partial charge in [-0.25, -0.2) is 14.2 Å². The van der Waals surface area contributed by atoms with Gasteiger partial charge in [-0.3, -0.25) is 4.79 Å². The van der Waals surface area contributed by atoms with E-state index in [2.05, 4.69) is 29.5 Å². The van der Waals surface area contributed by atoms with E-state index >= 15 is 0 Å². The van der Waals surface area contributed by atoms with Crippen LogP contribution in [0.3, 0.4) is 0 Å². The normalized spacial score (nSPS) is 35.4. The van der Waals surface area contributed by atoms with Gasteiger partial charge in [0.2, 0.25) is 0 Å². The molecular weight excluding hydrogens is 455 g/mol. The summed E-state index contributed by atoms with van der Waals surface area (Å²) in [5.41, 5.74) is 3.96. The van der Waals surface area contributed by atoms with E-state index in [1.165, 1.54) is 29.8 Å². The van der Waals surface area contributed by atoms with Crippen LogP contribution in [0.1, 0.15) is 69.2 Å². The highest BCUT2D eigenvalue weighted by atomic mass is 19.1. The van der Waals surface area contributed by atoms with Crippen molar-refractivity contribution in [1.82, 2.24) is 9.55 Å². The van der Waals surface area contributed by atoms with Crippen LogP contribution in [-0.2, 0) is 9.53 Å². The largest absolute Gasteiger partial charge is 0.458 e. The lowest BCUT2D eigenvalue weighted by Gasteiger charge is -2.57. The molecule has 0 amide bonds. The topological polar surface area (TPSA) is 61.2 Å². The van der Waals surface area contributed by atoms with Gasteiger partial charge in [0.1, 0.15) is 18.2 Å². The van der Waals surface area contributed by atoms with Crippen LogP contribution in [0.25, 0.3) is 5.70 Å². The summed E-state index contributed by atoms with van der Waals surface area (Å²) < 4.78 is 21.2. The van der Waals surface area contributed by atoms with Crippen molar-refractivity contribution in [3.8, 4) is 0 Å². The minimum absolute atomic E-state index is 0.0261. The molecule has 2 saturated carbocycles. The second-order valence-electron chi connectivity index (χ2n) is 11.7. The molecule has 0 saturated heterocycles. The van der Waals surface area contributed by atoms with E-state index in [0.717, 1.165) is 62.5 Å². The van der Waals surface area contributed by atoms with Gasteiger partial charge in [-0.2, -0.15) is 0 Å². The van der Waals surface area contributed by atoms with Crippen LogP contribution in [0.4, 0.5) is 4.39 Å². The molecule has 6 atom stereocenters. The number of nitrogens with zero attached hydrogens (tertiary/aromatic N) is 2. The molecule has 1 aromatic heterocycles. The zero-order chi connectivity index (χ0) is 25.1. The number of ether oxygens (including phenoxy) is 1. The number of hydrogen-bond acceptors (Lipinski definition) is 4. The smallest absolute Gasteiger partial charge is 0.338 e. The predicted octanol–water partition coefficient (Wildman–Crippen LogP) is 6.23. The second kappa shape index (κ2) is 8.53. The number of allylic oxidation sites excluding steroid dienone is 3. The first-order valence-corrected chi connectivity index (χ1v) is 13.2. The van der Waals surface area contributed by atoms with Crippen molar-refractivity contribution >= 4 is 18.0 Å². The fraction of sp³-hybridized carbons (Fsp3) is 0.500. The highest BCUT2D eigenvalue weighted by Gasteiger charge is 2.58. The van der Waals surface area contributed by atoms with E-state index in [1.807, 2.05) is 12.5 Å². The molecule has 0 bridgehead atoms. The van der Waals surface area contributed by atoms with Gasteiger partial charge in [-0.05, 0) is 86.0 Å². The van der Waals surface area contributed by atoms with Crippen LogP contribution < -0.4 is 0 Å². The summed E-state index contributed by atoms with van der Waals surface area (Å²) in [5, 5.41) is 0. The van der Waals surface area contributed by atoms with Gasteiger partial charge < -0.3 is 9.30 Å². The predicted molar refractivity (Wildman–Crippen MR) is 134 cm³/mol. The van der Waals surface area contributed by atoms with E-state index in [4.69, 9.17) is 4.74 Å². The van der Waals surface area contributed by atoms with Crippen molar-refractivity contribution in [1.29, 1.82) is 0 Å². The molecule has 0 unspecified atom stereocenters. The molecule has 2 fully saturated rings. The lowest BCUT2D eigenvalue weighted by molar-refractivity contribution is -0.105. The van der Waals surface area contributed by atoms with Crippen LogP contribution in [0.2, 0.25) is 0 Å². The molecule has 4 aliphatic rings. The summed E-state index contributed by atoms with van der Waals surface area (Å²) >= 11 is 0. The number of esters is 1. The Morgan fingerprint density at radius 2 is 1.89 bits per heavy atom. The van der Waals surface area contributed by atoms with E-state index < -0.39 is 0 Å². The molecule has 36 heavy (non-hydrogen) atoms. The first-order chi connectivity index (χ1) is 17.3. The summed E-state index contributed by atoms with van der Waals surface area (Å²) in [6.45, 7) is 4.77. The fourth-order valence-corrected chi connectivity index (χ4v) is 8.18. The molecule has 1 heterocycles. The zero-order valence-corrected chi connectivity index (χ0v) is 21.0. The van der Waals surface area contributed by atoms with Crippen LogP contribution in [0.15, 0.2) is 60.2 Å². The van der Waals surface area contributed by atoms with Gasteiger partial charge in [0.05, 0.1) is 11.9 Å². The molecule has 0 spiro atoms. The van der Waals surface area contributed by atoms with Crippen molar-refractivity contribution in [2.75, 3.05) is 0 Å². The van der Waals surface area contributed by atoms with Crippen molar-refractivity contribution < 1.29 is 18.7 Å². The number of benzene rings is 1. The van der Waals surface area contributed by atoms with Crippen LogP contribution >= 0.6 is 0 Å². The molecule has 0 radical (unpaired) electrons. The van der Waals surface area contributed by atoms with E-state index in [-0.39, 0.29) is 28.7 Å². The number of aldehydes is 1. The lowest BCUT2D eigenvalue weighted by Crippen LogP contribution is -2.50. The Morgan fingerprint density at radius 3 is 2.61 bits per heavy atom. The quantitative estimate of drug-likeness (QED) is 0.291. The van der Waals surface area contributed by atoms with E-state index in [9.17, 15) is 14.0 Å². The standard InChI is InChI=1S/C30H33FN2O3/c1-29-11-9-23(36-28(35)19-3-6-22(31)7-4-19)16-21(29)5-8-24-25(29)10-12-30(2)26(24)15-20(17-34)27(30)33-14-13-32-18-33/h3-7,13-14,17-18,23-26H,8-12,15-16H2,1-2H3/t23-,24+,25-,26-,29-,30-/m0/s1. The van der Waals surface area contributed by atoms with Crippen molar-refractivity contribution in [2.45, 2.75) is 64.9 Å². The van der Waals surface area contributed by atoms with Crippen molar-refractivity contribution in [2.24, 2.45) is 28.6 Å². The number of rotatable bonds is 4. The third-order valence-electron chi connectivity index (χ3n) is 9.99. The summed E-state index contributed by atoms with van der Waals surface area (Å²) in [4.78, 5) is 29.0. The van der Waals surface area contributed by atoms with Gasteiger partial charge in [-0.1, -0.05) is 25.5 Å². The summed E-state index contributed by atoms with van der Waals surface area (Å²) in [6.07, 6.45) is 15.6. The lowest BCUT2D eigenvalue weighted by atomic mass is 9.47. The Labute approximate surface area is 211 Å². The van der Waals surface area contributed by atoms with Crippen LogP contribution in [-0.4, -0.2) is 27.9 Å². The Morgan fingerprint density at radius 1 is 1.11 bits per heavy atom. The third kappa shape index (κ3) is 3.52. The molecule has 1 aromatic carbocycles. The number of carbonyl (C=O) groups is 2. The van der Waals surface area contributed by atoms with Crippen molar-refractivity contribution in [3.05, 3.63) is 71.6 Å². The molecule has 4 aliphatic carbocycles. The first-order valence-electron chi connectivity index (χ1n) is 13.2. The monoisotopic (exact) mass is 488 g/mol. The average molecular weight is 489 g/mol. The maximum absolute atomic E-state index is 13.2. The number of aromatic nitrogens is 2. The van der Waals surface area contributed by atoms with Gasteiger partial charge in [0.25, 0.3) is 0 Å². The number of imidazole rings is 1. The molecular formula is C30H33FN2O3. The highest BCUT2D eigenvalue weighted by Crippen LogP contribution is 2.66. The molecule has 6 rings (SSSR count). The maximum atomic E-state index is 13.2. The maximum Gasteiger partial charge on any atom is 0.338 e. The van der Waals surface area contributed by atoms with Gasteiger partial charge in [0, 0.05) is 35.5 Å². The second-order valence-corrected chi connectivity index (χ2v) is 11.7. The SMILES string of the molecule is C[C@]12CC[C@H](OC(=O)c3ccc(F)cc3)CC1=CC[C@@H]1[C@@H]2CC[C@]2(C)C(n3ccnc3)=C(C=O)C[C@@H]12. The van der Waals surface area contributed by atoms with Crippen LogP contribution in [0.5, 0.6) is 0 Å². The van der Waals surface area contributed by atoms with Gasteiger partial charge >= 0.3 is 5.97 Å². The molecule has 188 valence electrons. The number of hydrogen-bond donors (Lipinski definition) is 0. The number of carbonyl (C=O) groups excluding carboxylic acids is 2. The Kier molecular flexibility index (Phi) is 5.54. The van der Waals surface area contributed by atoms with Crippen molar-refractivity contribution in [3.63, 3.8) is 0 Å². The van der Waals surface area contributed by atoms with Crippen LogP contribution in [0, 0.1) is 34.4 Å². The molecule has 0 N–H and O–H groups in total. The van der Waals surface area contributed by atoms with Gasteiger partial charge in [0.15, 0.2) is 0 Å². The molecule has 0 aliphatic heterocycles. The Bertz CT molecular complexity index is 1250. The Hall–Kier alpha value is -3.02. The Balaban J connectivity index is 1.22. The summed E-state index contributed by atoms with van der Waals surface area (Å²) in [6, 6.07) is 5.55. The minimum atomic E-state index is -0.378. The summed E-state index contributed by atoms with van der Waals surface area (Å²) in [5.74, 6) is 0.806. The van der Waals surface area contributed by atoms with E-state index in [0.29, 0.717) is 23.3 Å². The molecule has 2 aromatic rings. The molecule has 6 heteroatoms. The van der Waals surface area contributed by atoms with Gasteiger partial charge in [-0.15, -0.1) is 0 Å². The average Bonchev–Trinajstić information content (AvgIpc) is 3.49. The number of halogens is 1. The molecule has 5 nitrogen and oxygen atoms in total. The minimum Gasteiger partial charge on any atom is -0.458 e. The number of fused-ring (bicyclic) bond motifs is 5. The fourth-order valence-electron chi connectivity index (χ4n) is 8.18. The summed E-state index contributed by atoms with van der Waals surface area (Å²) in [7, 11) is 0.